The molecular weight excluding hydrogens is 340 g/mol. The number of hydrogen-bond donors (Lipinski definition) is 1. The number of likely N-dealkylation sites (tertiary alicyclic amines) is 1. The second-order valence-electron chi connectivity index (χ2n) is 6.47. The van der Waals surface area contributed by atoms with Gasteiger partial charge in [-0.1, -0.05) is 0 Å². The number of esters is 1. The number of carboxylic acid groups (broad SMARTS) is 1. The zero-order valence-electron chi connectivity index (χ0n) is 14.4. The molecule has 2 fully saturated rings. The van der Waals surface area contributed by atoms with Crippen LogP contribution in [0.4, 0.5) is 5.69 Å². The first kappa shape index (κ1) is 18.1. The van der Waals surface area contributed by atoms with Gasteiger partial charge in [-0.2, -0.15) is 0 Å². The van der Waals surface area contributed by atoms with E-state index in [4.69, 9.17) is 5.11 Å². The van der Waals surface area contributed by atoms with Gasteiger partial charge in [-0.15, -0.1) is 0 Å². The predicted molar refractivity (Wildman–Crippen MR) is 90.6 cm³/mol. The van der Waals surface area contributed by atoms with Crippen LogP contribution in [0.25, 0.3) is 0 Å². The molecule has 3 rings (SSSR count). The largest absolute Gasteiger partial charge is 0.481 e. The standard InChI is InChI=1S/C18H20N2O6/c1-26-18(25)12-2-4-13(5-3-12)20-15(21)10-14(16(20)22)19-8-6-11(7-9-19)17(23)24/h2-5,11,14H,6-10H2,1H3,(H,23,24)/t14-/m0/s1. The second kappa shape index (κ2) is 7.25. The van der Waals surface area contributed by atoms with Crippen molar-refractivity contribution in [3.05, 3.63) is 29.8 Å². The fourth-order valence-electron chi connectivity index (χ4n) is 3.49. The SMILES string of the molecule is COC(=O)c1ccc(N2C(=O)C[C@H](N3CCC(C(=O)O)CC3)C2=O)cc1. The Hall–Kier alpha value is -2.74. The van der Waals surface area contributed by atoms with Gasteiger partial charge in [0.15, 0.2) is 0 Å². The number of amides is 2. The van der Waals surface area contributed by atoms with Crippen LogP contribution in [0.2, 0.25) is 0 Å². The van der Waals surface area contributed by atoms with E-state index in [0.29, 0.717) is 37.2 Å². The van der Waals surface area contributed by atoms with Gasteiger partial charge in [0.05, 0.1) is 36.7 Å². The topological polar surface area (TPSA) is 104 Å². The highest BCUT2D eigenvalue weighted by molar-refractivity contribution is 6.22. The highest BCUT2D eigenvalue weighted by atomic mass is 16.5. The molecule has 0 saturated carbocycles. The number of carbonyl (C=O) groups is 4. The molecule has 0 aliphatic carbocycles. The molecule has 1 aromatic rings. The van der Waals surface area contributed by atoms with Crippen LogP contribution in [0.15, 0.2) is 24.3 Å². The van der Waals surface area contributed by atoms with E-state index in [1.165, 1.54) is 19.2 Å². The van der Waals surface area contributed by atoms with Crippen molar-refractivity contribution >= 4 is 29.4 Å². The van der Waals surface area contributed by atoms with E-state index >= 15 is 0 Å². The minimum Gasteiger partial charge on any atom is -0.481 e. The van der Waals surface area contributed by atoms with E-state index in [0.717, 1.165) is 4.90 Å². The van der Waals surface area contributed by atoms with E-state index in [-0.39, 0.29) is 24.2 Å². The van der Waals surface area contributed by atoms with Gasteiger partial charge in [-0.05, 0) is 50.2 Å². The molecule has 2 amide bonds. The lowest BCUT2D eigenvalue weighted by molar-refractivity contribution is -0.143. The molecule has 0 unspecified atom stereocenters. The molecular formula is C18H20N2O6. The van der Waals surface area contributed by atoms with Gasteiger partial charge in [0.25, 0.3) is 5.91 Å². The number of hydrogen-bond acceptors (Lipinski definition) is 6. The zero-order valence-corrected chi connectivity index (χ0v) is 14.4. The van der Waals surface area contributed by atoms with E-state index < -0.39 is 18.0 Å². The first-order valence-electron chi connectivity index (χ1n) is 8.44. The van der Waals surface area contributed by atoms with Crippen molar-refractivity contribution < 1.29 is 29.0 Å². The average Bonchev–Trinajstić information content (AvgIpc) is 2.95. The summed E-state index contributed by atoms with van der Waals surface area (Å²) in [5, 5.41) is 9.07. The Morgan fingerprint density at radius 2 is 1.73 bits per heavy atom. The van der Waals surface area contributed by atoms with Crippen molar-refractivity contribution in [1.29, 1.82) is 0 Å². The Kier molecular flexibility index (Phi) is 5.03. The van der Waals surface area contributed by atoms with E-state index in [2.05, 4.69) is 4.74 Å². The monoisotopic (exact) mass is 360 g/mol. The average molecular weight is 360 g/mol. The molecule has 8 heteroatoms. The number of nitrogens with zero attached hydrogens (tertiary/aromatic N) is 2. The fourth-order valence-corrected chi connectivity index (χ4v) is 3.49. The van der Waals surface area contributed by atoms with Crippen molar-refractivity contribution in [2.45, 2.75) is 25.3 Å². The number of methoxy groups -OCH3 is 1. The Bertz CT molecular complexity index is 737. The Morgan fingerprint density at radius 1 is 1.12 bits per heavy atom. The third kappa shape index (κ3) is 3.32. The number of anilines is 1. The molecule has 8 nitrogen and oxygen atoms in total. The molecule has 0 radical (unpaired) electrons. The van der Waals surface area contributed by atoms with Crippen molar-refractivity contribution in [3.8, 4) is 0 Å². The minimum atomic E-state index is -0.814. The van der Waals surface area contributed by atoms with Gasteiger partial charge in [0.2, 0.25) is 5.91 Å². The van der Waals surface area contributed by atoms with Crippen LogP contribution in [0, 0.1) is 5.92 Å². The molecule has 1 N–H and O–H groups in total. The first-order valence-corrected chi connectivity index (χ1v) is 8.44. The number of ether oxygens (including phenoxy) is 1. The lowest BCUT2D eigenvalue weighted by Gasteiger charge is -2.33. The molecule has 0 spiro atoms. The van der Waals surface area contributed by atoms with E-state index in [1.807, 2.05) is 4.90 Å². The maximum absolute atomic E-state index is 12.8. The molecule has 2 heterocycles. The maximum Gasteiger partial charge on any atom is 0.337 e. The van der Waals surface area contributed by atoms with Crippen LogP contribution in [0.3, 0.4) is 0 Å². The summed E-state index contributed by atoms with van der Waals surface area (Å²) in [5.41, 5.74) is 0.748. The van der Waals surface area contributed by atoms with Crippen LogP contribution in [0.5, 0.6) is 0 Å². The number of carbonyl (C=O) groups excluding carboxylic acids is 3. The molecule has 2 aliphatic heterocycles. The number of carboxylic acids is 1. The summed E-state index contributed by atoms with van der Waals surface area (Å²) >= 11 is 0. The molecule has 1 aromatic carbocycles. The van der Waals surface area contributed by atoms with Gasteiger partial charge in [0.1, 0.15) is 0 Å². The summed E-state index contributed by atoms with van der Waals surface area (Å²) in [6.45, 7) is 0.964. The fraction of sp³-hybridized carbons (Fsp3) is 0.444. The van der Waals surface area contributed by atoms with Gasteiger partial charge < -0.3 is 9.84 Å². The van der Waals surface area contributed by atoms with Gasteiger partial charge >= 0.3 is 11.9 Å². The van der Waals surface area contributed by atoms with Gasteiger partial charge in [0, 0.05) is 0 Å². The van der Waals surface area contributed by atoms with Gasteiger partial charge in [-0.3, -0.25) is 19.3 Å². The van der Waals surface area contributed by atoms with Crippen LogP contribution in [-0.2, 0) is 19.1 Å². The third-order valence-electron chi connectivity index (χ3n) is 4.99. The quantitative estimate of drug-likeness (QED) is 0.628. The summed E-state index contributed by atoms with van der Waals surface area (Å²) in [7, 11) is 1.28. The third-order valence-corrected chi connectivity index (χ3v) is 4.99. The van der Waals surface area contributed by atoms with Crippen LogP contribution < -0.4 is 4.90 Å². The van der Waals surface area contributed by atoms with Crippen molar-refractivity contribution in [2.75, 3.05) is 25.1 Å². The van der Waals surface area contributed by atoms with Crippen molar-refractivity contribution in [2.24, 2.45) is 5.92 Å². The molecule has 138 valence electrons. The lowest BCUT2D eigenvalue weighted by atomic mass is 9.96. The summed E-state index contributed by atoms with van der Waals surface area (Å²) in [6.07, 6.45) is 1.03. The zero-order chi connectivity index (χ0) is 18.8. The Morgan fingerprint density at radius 3 is 2.27 bits per heavy atom. The number of benzene rings is 1. The first-order chi connectivity index (χ1) is 12.4. The summed E-state index contributed by atoms with van der Waals surface area (Å²) in [6, 6.07) is 5.54. The van der Waals surface area contributed by atoms with Crippen molar-refractivity contribution in [1.82, 2.24) is 4.90 Å². The van der Waals surface area contributed by atoms with E-state index in [9.17, 15) is 19.2 Å². The predicted octanol–water partition coefficient (Wildman–Crippen LogP) is 0.902. The number of piperidine rings is 1. The van der Waals surface area contributed by atoms with Crippen LogP contribution in [0.1, 0.15) is 29.6 Å². The smallest absolute Gasteiger partial charge is 0.337 e. The molecule has 1 atom stereocenters. The van der Waals surface area contributed by atoms with E-state index in [1.54, 1.807) is 12.1 Å². The molecule has 0 bridgehead atoms. The molecule has 2 aliphatic rings. The Labute approximate surface area is 150 Å². The molecule has 26 heavy (non-hydrogen) atoms. The molecule has 0 aromatic heterocycles. The second-order valence-corrected chi connectivity index (χ2v) is 6.47. The van der Waals surface area contributed by atoms with Gasteiger partial charge in [-0.25, -0.2) is 9.69 Å². The van der Waals surface area contributed by atoms with Crippen LogP contribution >= 0.6 is 0 Å². The minimum absolute atomic E-state index is 0.0787. The van der Waals surface area contributed by atoms with Crippen LogP contribution in [-0.4, -0.2) is 60.0 Å². The normalized spacial score (nSPS) is 21.9. The Balaban J connectivity index is 1.71. The number of imide groups is 1. The summed E-state index contributed by atoms with van der Waals surface area (Å²) in [4.78, 5) is 50.7. The lowest BCUT2D eigenvalue weighted by Crippen LogP contribution is -2.46. The molecule has 2 saturated heterocycles. The highest BCUT2D eigenvalue weighted by Gasteiger charge is 2.43. The number of rotatable bonds is 4. The number of aliphatic carboxylic acids is 1. The highest BCUT2D eigenvalue weighted by Crippen LogP contribution is 2.29. The van der Waals surface area contributed by atoms with Crippen molar-refractivity contribution in [3.63, 3.8) is 0 Å². The summed E-state index contributed by atoms with van der Waals surface area (Å²) in [5.74, 6) is -2.30. The maximum atomic E-state index is 12.8. The summed E-state index contributed by atoms with van der Waals surface area (Å²) < 4.78 is 4.63.